The van der Waals surface area contributed by atoms with E-state index in [0.29, 0.717) is 5.56 Å². The van der Waals surface area contributed by atoms with E-state index in [0.717, 1.165) is 0 Å². The zero-order valence-corrected chi connectivity index (χ0v) is 11.0. The van der Waals surface area contributed by atoms with Crippen LogP contribution in [-0.2, 0) is 21.8 Å². The molecule has 0 N–H and O–H groups in total. The fourth-order valence-electron chi connectivity index (χ4n) is 1.68. The van der Waals surface area contributed by atoms with Crippen LogP contribution in [0.3, 0.4) is 0 Å². The van der Waals surface area contributed by atoms with E-state index in [2.05, 4.69) is 0 Å². The van der Waals surface area contributed by atoms with E-state index >= 15 is 0 Å². The van der Waals surface area contributed by atoms with Gasteiger partial charge in [0.05, 0.1) is 24.7 Å². The van der Waals surface area contributed by atoms with Gasteiger partial charge >= 0.3 is 5.97 Å². The number of alkyl halides is 3. The molecule has 0 fully saturated rings. The van der Waals surface area contributed by atoms with Gasteiger partial charge in [0.1, 0.15) is 0 Å². The van der Waals surface area contributed by atoms with Gasteiger partial charge in [-0.25, -0.2) is 8.78 Å². The van der Waals surface area contributed by atoms with Crippen LogP contribution in [0.2, 0.25) is 0 Å². The second-order valence-corrected chi connectivity index (χ2v) is 4.01. The Balaban J connectivity index is 3.26. The number of nitriles is 1. The number of nitrogens with zero attached hydrogens (tertiary/aromatic N) is 1. The van der Waals surface area contributed by atoms with E-state index in [4.69, 9.17) is 21.6 Å². The first-order valence-corrected chi connectivity index (χ1v) is 6.12. The highest BCUT2D eigenvalue weighted by Gasteiger charge is 2.20. The van der Waals surface area contributed by atoms with Crippen LogP contribution in [-0.4, -0.2) is 12.6 Å². The number of halogens is 3. The van der Waals surface area contributed by atoms with Crippen molar-refractivity contribution in [1.29, 1.82) is 5.26 Å². The molecule has 0 spiro atoms. The van der Waals surface area contributed by atoms with Gasteiger partial charge in [-0.3, -0.25) is 4.79 Å². The molecule has 19 heavy (non-hydrogen) atoms. The molecule has 1 aromatic rings. The smallest absolute Gasteiger partial charge is 0.310 e. The van der Waals surface area contributed by atoms with E-state index in [1.54, 1.807) is 6.92 Å². The summed E-state index contributed by atoms with van der Waals surface area (Å²) in [4.78, 5) is 11.4. The van der Waals surface area contributed by atoms with Gasteiger partial charge in [0.15, 0.2) is 0 Å². The number of benzene rings is 1. The lowest BCUT2D eigenvalue weighted by Gasteiger charge is -2.12. The Kier molecular flexibility index (Phi) is 5.71. The van der Waals surface area contributed by atoms with E-state index in [1.807, 2.05) is 6.07 Å². The summed E-state index contributed by atoms with van der Waals surface area (Å²) in [6.07, 6.45) is -3.13. The number of rotatable bonds is 5. The summed E-state index contributed by atoms with van der Waals surface area (Å²) in [6, 6.07) is 4.44. The van der Waals surface area contributed by atoms with E-state index in [1.165, 1.54) is 12.1 Å². The molecule has 102 valence electrons. The van der Waals surface area contributed by atoms with Crippen molar-refractivity contribution in [3.63, 3.8) is 0 Å². The highest BCUT2D eigenvalue weighted by atomic mass is 35.5. The molecule has 3 nitrogen and oxygen atoms in total. The van der Waals surface area contributed by atoms with Crippen LogP contribution in [0.4, 0.5) is 8.78 Å². The third-order valence-electron chi connectivity index (χ3n) is 2.48. The highest BCUT2D eigenvalue weighted by Crippen LogP contribution is 2.28. The quantitative estimate of drug-likeness (QED) is 0.616. The normalized spacial score (nSPS) is 10.3. The van der Waals surface area contributed by atoms with Crippen molar-refractivity contribution in [1.82, 2.24) is 0 Å². The zero-order chi connectivity index (χ0) is 14.4. The number of hydrogen-bond donors (Lipinski definition) is 0. The summed E-state index contributed by atoms with van der Waals surface area (Å²) in [5.74, 6) is -0.617. The van der Waals surface area contributed by atoms with Gasteiger partial charge in [0.2, 0.25) is 0 Å². The summed E-state index contributed by atoms with van der Waals surface area (Å²) in [5.41, 5.74) is 0.107. The topological polar surface area (TPSA) is 50.1 Å². The first-order chi connectivity index (χ1) is 9.03. The van der Waals surface area contributed by atoms with Gasteiger partial charge < -0.3 is 4.74 Å². The molecule has 0 amide bonds. The molecule has 0 bridgehead atoms. The van der Waals surface area contributed by atoms with Gasteiger partial charge in [0, 0.05) is 11.4 Å². The molecule has 0 heterocycles. The fourth-order valence-corrected chi connectivity index (χ4v) is 1.84. The number of ether oxygens (including phenoxy) is 1. The van der Waals surface area contributed by atoms with Gasteiger partial charge in [-0.1, -0.05) is 0 Å². The standard InChI is InChI=1S/C13H12ClF2NO2/c1-2-19-12(18)5-10-9(7-17)3-8(6-14)4-11(10)13(15)16/h3-4,13H,2,5-6H2,1H3. The Hall–Kier alpha value is -1.67. The highest BCUT2D eigenvalue weighted by molar-refractivity contribution is 6.17. The van der Waals surface area contributed by atoms with Crippen LogP contribution in [0, 0.1) is 11.3 Å². The first-order valence-electron chi connectivity index (χ1n) is 5.59. The molecular formula is C13H12ClF2NO2. The third-order valence-corrected chi connectivity index (χ3v) is 2.79. The summed E-state index contributed by atoms with van der Waals surface area (Å²) in [7, 11) is 0. The summed E-state index contributed by atoms with van der Waals surface area (Å²) in [5, 5.41) is 9.00. The molecule has 1 aromatic carbocycles. The Bertz CT molecular complexity index is 512. The minimum absolute atomic E-state index is 0.00446. The third kappa shape index (κ3) is 3.90. The minimum Gasteiger partial charge on any atom is -0.466 e. The Morgan fingerprint density at radius 2 is 2.21 bits per heavy atom. The molecule has 0 radical (unpaired) electrons. The lowest BCUT2D eigenvalue weighted by molar-refractivity contribution is -0.142. The predicted octanol–water partition coefficient (Wildman–Crippen LogP) is 3.34. The van der Waals surface area contributed by atoms with Crippen molar-refractivity contribution in [2.45, 2.75) is 25.7 Å². The Morgan fingerprint density at radius 3 is 2.68 bits per heavy atom. The van der Waals surface area contributed by atoms with Gasteiger partial charge in [0.25, 0.3) is 6.43 Å². The van der Waals surface area contributed by atoms with Crippen molar-refractivity contribution >= 4 is 17.6 Å². The molecule has 0 aliphatic carbocycles. The molecular weight excluding hydrogens is 276 g/mol. The lowest BCUT2D eigenvalue weighted by atomic mass is 9.96. The second kappa shape index (κ2) is 7.05. The maximum absolute atomic E-state index is 13.0. The van der Waals surface area contributed by atoms with Crippen LogP contribution in [0.1, 0.15) is 35.6 Å². The number of carbonyl (C=O) groups is 1. The Morgan fingerprint density at radius 1 is 1.53 bits per heavy atom. The summed E-state index contributed by atoms with van der Waals surface area (Å²) in [6.45, 7) is 1.78. The van der Waals surface area contributed by atoms with Gasteiger partial charge in [-0.05, 0) is 30.2 Å². The zero-order valence-electron chi connectivity index (χ0n) is 10.3. The minimum atomic E-state index is -2.78. The van der Waals surface area contributed by atoms with Crippen LogP contribution in [0.15, 0.2) is 12.1 Å². The SMILES string of the molecule is CCOC(=O)Cc1c(C#N)cc(CCl)cc1C(F)F. The molecule has 0 atom stereocenters. The molecule has 0 aliphatic heterocycles. The summed E-state index contributed by atoms with van der Waals surface area (Å²) >= 11 is 5.59. The monoisotopic (exact) mass is 287 g/mol. The van der Waals surface area contributed by atoms with Crippen molar-refractivity contribution in [2.24, 2.45) is 0 Å². The largest absolute Gasteiger partial charge is 0.466 e. The molecule has 0 aliphatic rings. The van der Waals surface area contributed by atoms with Crippen LogP contribution in [0.25, 0.3) is 0 Å². The van der Waals surface area contributed by atoms with Crippen LogP contribution in [0.5, 0.6) is 0 Å². The number of carbonyl (C=O) groups excluding carboxylic acids is 1. The van der Waals surface area contributed by atoms with E-state index < -0.39 is 12.4 Å². The van der Waals surface area contributed by atoms with Crippen LogP contribution >= 0.6 is 11.6 Å². The van der Waals surface area contributed by atoms with Gasteiger partial charge in [-0.2, -0.15) is 5.26 Å². The second-order valence-electron chi connectivity index (χ2n) is 3.74. The van der Waals surface area contributed by atoms with Crippen molar-refractivity contribution < 1.29 is 18.3 Å². The van der Waals surface area contributed by atoms with E-state index in [9.17, 15) is 13.6 Å². The average Bonchev–Trinajstić information content (AvgIpc) is 2.38. The fraction of sp³-hybridized carbons (Fsp3) is 0.385. The number of hydrogen-bond acceptors (Lipinski definition) is 3. The predicted molar refractivity (Wildman–Crippen MR) is 66.0 cm³/mol. The molecule has 1 rings (SSSR count). The molecule has 0 aromatic heterocycles. The molecule has 6 heteroatoms. The first kappa shape index (κ1) is 15.4. The van der Waals surface area contributed by atoms with Crippen LogP contribution < -0.4 is 0 Å². The molecule has 0 saturated carbocycles. The maximum atomic E-state index is 13.0. The Labute approximate surface area is 114 Å². The van der Waals surface area contributed by atoms with E-state index in [-0.39, 0.29) is 35.6 Å². The number of esters is 1. The molecule has 0 unspecified atom stereocenters. The van der Waals surface area contributed by atoms with Crippen molar-refractivity contribution in [2.75, 3.05) is 6.61 Å². The van der Waals surface area contributed by atoms with Crippen molar-refractivity contribution in [3.8, 4) is 6.07 Å². The van der Waals surface area contributed by atoms with Gasteiger partial charge in [-0.15, -0.1) is 11.6 Å². The average molecular weight is 288 g/mol. The molecule has 0 saturated heterocycles. The summed E-state index contributed by atoms with van der Waals surface area (Å²) < 4.78 is 30.7. The maximum Gasteiger partial charge on any atom is 0.310 e. The van der Waals surface area contributed by atoms with Crippen molar-refractivity contribution in [3.05, 3.63) is 34.4 Å². The lowest BCUT2D eigenvalue weighted by Crippen LogP contribution is -2.11.